The van der Waals surface area contributed by atoms with E-state index in [0.717, 1.165) is 25.9 Å². The fraction of sp³-hybridized carbons (Fsp3) is 0.333. The second-order valence-corrected chi connectivity index (χ2v) is 7.11. The van der Waals surface area contributed by atoms with Gasteiger partial charge in [-0.15, -0.1) is 0 Å². The Bertz CT molecular complexity index is 913. The van der Waals surface area contributed by atoms with Crippen LogP contribution < -0.4 is 21.3 Å². The van der Waals surface area contributed by atoms with E-state index in [2.05, 4.69) is 20.6 Å². The zero-order valence-electron chi connectivity index (χ0n) is 14.5. The lowest BCUT2D eigenvalue weighted by Crippen LogP contribution is -2.33. The molecule has 1 atom stereocenters. The van der Waals surface area contributed by atoms with Gasteiger partial charge >= 0.3 is 0 Å². The number of fused-ring (bicyclic) bond motifs is 1. The van der Waals surface area contributed by atoms with Crippen molar-refractivity contribution in [1.29, 1.82) is 0 Å². The van der Waals surface area contributed by atoms with Crippen molar-refractivity contribution in [3.63, 3.8) is 0 Å². The summed E-state index contributed by atoms with van der Waals surface area (Å²) in [7, 11) is 0. The predicted octanol–water partition coefficient (Wildman–Crippen LogP) is 2.38. The molecule has 2 aliphatic rings. The fourth-order valence-electron chi connectivity index (χ4n) is 3.46. The van der Waals surface area contributed by atoms with Crippen LogP contribution in [0.5, 0.6) is 0 Å². The molecule has 2 aliphatic heterocycles. The highest BCUT2D eigenvalue weighted by Gasteiger charge is 2.35. The number of carbonyl (C=O) groups is 2. The highest BCUT2D eigenvalue weighted by Crippen LogP contribution is 2.37. The molecular weight excluding hydrogens is 368 g/mol. The van der Waals surface area contributed by atoms with Crippen molar-refractivity contribution in [2.45, 2.75) is 25.2 Å². The van der Waals surface area contributed by atoms with Gasteiger partial charge in [-0.2, -0.15) is 9.97 Å². The normalized spacial score (nSPS) is 18.8. The van der Waals surface area contributed by atoms with Crippen molar-refractivity contribution in [1.82, 2.24) is 9.97 Å². The van der Waals surface area contributed by atoms with Crippen molar-refractivity contribution >= 4 is 46.7 Å². The Morgan fingerprint density at radius 1 is 1.30 bits per heavy atom. The Hall–Kier alpha value is -2.87. The highest BCUT2D eigenvalue weighted by atomic mass is 35.5. The summed E-state index contributed by atoms with van der Waals surface area (Å²) in [5.74, 6) is -0.378. The van der Waals surface area contributed by atoms with E-state index in [0.29, 0.717) is 28.0 Å². The van der Waals surface area contributed by atoms with E-state index in [1.54, 1.807) is 24.3 Å². The van der Waals surface area contributed by atoms with E-state index >= 15 is 0 Å². The minimum atomic E-state index is -0.764. The summed E-state index contributed by atoms with van der Waals surface area (Å²) < 4.78 is 0. The minimum absolute atomic E-state index is 0.0178. The fourth-order valence-corrected chi connectivity index (χ4v) is 3.65. The van der Waals surface area contributed by atoms with E-state index in [1.165, 1.54) is 0 Å². The molecule has 9 heteroatoms. The maximum absolute atomic E-state index is 12.8. The van der Waals surface area contributed by atoms with Crippen LogP contribution in [0.25, 0.3) is 0 Å². The van der Waals surface area contributed by atoms with Gasteiger partial charge in [-0.3, -0.25) is 9.59 Å². The Kier molecular flexibility index (Phi) is 4.57. The third kappa shape index (κ3) is 3.52. The Labute approximate surface area is 161 Å². The summed E-state index contributed by atoms with van der Waals surface area (Å²) in [6.07, 6.45) is 2.12. The number of nitrogens with one attached hydrogen (secondary N) is 2. The van der Waals surface area contributed by atoms with Crippen LogP contribution >= 0.6 is 11.6 Å². The van der Waals surface area contributed by atoms with Crippen LogP contribution in [-0.4, -0.2) is 34.9 Å². The zero-order valence-corrected chi connectivity index (χ0v) is 15.3. The maximum Gasteiger partial charge on any atom is 0.232 e. The molecule has 0 aliphatic carbocycles. The van der Waals surface area contributed by atoms with Crippen LogP contribution in [0.3, 0.4) is 0 Å². The molecule has 0 bridgehead atoms. The first-order chi connectivity index (χ1) is 13.0. The van der Waals surface area contributed by atoms with Crippen molar-refractivity contribution in [3.05, 3.63) is 34.9 Å². The van der Waals surface area contributed by atoms with Crippen molar-refractivity contribution in [2.24, 2.45) is 0 Å². The van der Waals surface area contributed by atoms with Crippen molar-refractivity contribution < 1.29 is 9.59 Å². The molecule has 2 amide bonds. The van der Waals surface area contributed by atoms with Gasteiger partial charge in [0.1, 0.15) is 11.6 Å². The van der Waals surface area contributed by atoms with E-state index in [9.17, 15) is 9.59 Å². The standard InChI is InChI=1S/C18H19ClN6O2/c19-10-4-3-5-11(8-10)21-17(27)12-9-13(26)22-16-14(12)15(20)23-18(24-16)25-6-1-2-7-25/h3-5,8,12H,1-2,6-7,9H2,(H,21,27)(H3,20,22,23,24,26)/t12-/m1/s1. The molecule has 27 heavy (non-hydrogen) atoms. The maximum atomic E-state index is 12.8. The summed E-state index contributed by atoms with van der Waals surface area (Å²) in [5.41, 5.74) is 7.18. The van der Waals surface area contributed by atoms with Crippen molar-refractivity contribution in [3.8, 4) is 0 Å². The molecule has 8 nitrogen and oxygen atoms in total. The molecule has 1 aromatic carbocycles. The summed E-state index contributed by atoms with van der Waals surface area (Å²) in [5, 5.41) is 6.02. The molecule has 1 fully saturated rings. The van der Waals surface area contributed by atoms with Gasteiger partial charge < -0.3 is 21.3 Å². The molecule has 0 spiro atoms. The molecule has 140 valence electrons. The SMILES string of the molecule is Nc1nc(N2CCCC2)nc2c1[C@H](C(=O)Nc1cccc(Cl)c1)CC(=O)N2. The van der Waals surface area contributed by atoms with Gasteiger partial charge in [-0.05, 0) is 31.0 Å². The predicted molar refractivity (Wildman–Crippen MR) is 104 cm³/mol. The number of amides is 2. The number of anilines is 4. The quantitative estimate of drug-likeness (QED) is 0.746. The van der Waals surface area contributed by atoms with Gasteiger partial charge in [-0.25, -0.2) is 0 Å². The van der Waals surface area contributed by atoms with Crippen LogP contribution in [0.2, 0.25) is 5.02 Å². The van der Waals surface area contributed by atoms with E-state index in [1.807, 2.05) is 4.90 Å². The van der Waals surface area contributed by atoms with Crippen LogP contribution in [-0.2, 0) is 9.59 Å². The zero-order chi connectivity index (χ0) is 19.0. The first kappa shape index (κ1) is 17.5. The van der Waals surface area contributed by atoms with Crippen LogP contribution in [0.4, 0.5) is 23.3 Å². The molecule has 3 heterocycles. The van der Waals surface area contributed by atoms with Gasteiger partial charge in [0, 0.05) is 30.2 Å². The van der Waals surface area contributed by atoms with Crippen LogP contribution in [0.15, 0.2) is 24.3 Å². The lowest BCUT2D eigenvalue weighted by molar-refractivity contribution is -0.123. The number of rotatable bonds is 3. The van der Waals surface area contributed by atoms with Crippen molar-refractivity contribution in [2.75, 3.05) is 34.4 Å². The summed E-state index contributed by atoms with van der Waals surface area (Å²) in [6, 6.07) is 6.81. The number of benzene rings is 1. The molecule has 0 radical (unpaired) electrons. The minimum Gasteiger partial charge on any atom is -0.383 e. The molecule has 4 N–H and O–H groups in total. The van der Waals surface area contributed by atoms with Gasteiger partial charge in [0.2, 0.25) is 17.8 Å². The Morgan fingerprint density at radius 3 is 2.81 bits per heavy atom. The van der Waals surface area contributed by atoms with Gasteiger partial charge in [0.05, 0.1) is 11.5 Å². The molecule has 0 unspecified atom stereocenters. The first-order valence-corrected chi connectivity index (χ1v) is 9.17. The third-order valence-electron chi connectivity index (χ3n) is 4.76. The number of hydrogen-bond donors (Lipinski definition) is 3. The van der Waals surface area contributed by atoms with Crippen LogP contribution in [0.1, 0.15) is 30.7 Å². The Balaban J connectivity index is 1.65. The molecule has 4 rings (SSSR count). The smallest absolute Gasteiger partial charge is 0.232 e. The van der Waals surface area contributed by atoms with Crippen LogP contribution in [0, 0.1) is 0 Å². The highest BCUT2D eigenvalue weighted by molar-refractivity contribution is 6.30. The van der Waals surface area contributed by atoms with E-state index < -0.39 is 5.92 Å². The average Bonchev–Trinajstić information content (AvgIpc) is 3.15. The number of carbonyl (C=O) groups excluding carboxylic acids is 2. The van der Waals surface area contributed by atoms with Gasteiger partial charge in [0.25, 0.3) is 0 Å². The Morgan fingerprint density at radius 2 is 2.07 bits per heavy atom. The average molecular weight is 387 g/mol. The second kappa shape index (κ2) is 7.03. The van der Waals surface area contributed by atoms with Gasteiger partial charge in [0.15, 0.2) is 0 Å². The number of nitrogens with zero attached hydrogens (tertiary/aromatic N) is 3. The molecule has 1 saturated heterocycles. The number of nitrogen functional groups attached to an aromatic ring is 1. The van der Waals surface area contributed by atoms with E-state index in [4.69, 9.17) is 17.3 Å². The molecule has 1 aromatic heterocycles. The topological polar surface area (TPSA) is 113 Å². The van der Waals surface area contributed by atoms with E-state index in [-0.39, 0.29) is 24.1 Å². The number of hydrogen-bond acceptors (Lipinski definition) is 6. The first-order valence-electron chi connectivity index (χ1n) is 8.80. The number of aromatic nitrogens is 2. The summed E-state index contributed by atoms with van der Waals surface area (Å²) in [4.78, 5) is 35.9. The summed E-state index contributed by atoms with van der Waals surface area (Å²) in [6.45, 7) is 1.70. The molecule has 0 saturated carbocycles. The lowest BCUT2D eigenvalue weighted by atomic mass is 9.92. The number of nitrogens with two attached hydrogens (primary N) is 1. The van der Waals surface area contributed by atoms with Gasteiger partial charge in [-0.1, -0.05) is 17.7 Å². The second-order valence-electron chi connectivity index (χ2n) is 6.67. The third-order valence-corrected chi connectivity index (χ3v) is 4.99. The number of halogens is 1. The monoisotopic (exact) mass is 386 g/mol. The molecule has 2 aromatic rings. The molecular formula is C18H19ClN6O2. The summed E-state index contributed by atoms with van der Waals surface area (Å²) >= 11 is 5.96. The largest absolute Gasteiger partial charge is 0.383 e. The lowest BCUT2D eigenvalue weighted by Gasteiger charge is -2.26.